The van der Waals surface area contributed by atoms with Gasteiger partial charge in [0.15, 0.2) is 11.5 Å². The standard InChI is InChI=1S/C40H62Cl2N2O16S/c41-30-26-32(42)39(34(27-30)61(53,54)55)60-38(50)29-59-25-22-56-20-13-14-31(45)28-58-24-23-57-21-19-43-35(46)18-17-33(40(51)52)44-36(47)15-11-9-7-5-3-1-2-4-6-8-10-12-16-37(48)49/h26-27,33H,1-25,28-29H2,(H,43,46)(H,44,47)(H,48,49)(H,51,52)(H,53,54,55)/t33-/m0/s1. The summed E-state index contributed by atoms with van der Waals surface area (Å²) in [4.78, 5) is 69.9. The number of esters is 1. The molecule has 0 aromatic heterocycles. The van der Waals surface area contributed by atoms with Crippen LogP contribution >= 0.6 is 23.2 Å². The molecule has 0 saturated carbocycles. The minimum Gasteiger partial charge on any atom is -0.481 e. The zero-order chi connectivity index (χ0) is 45.3. The summed E-state index contributed by atoms with van der Waals surface area (Å²) in [5.41, 5.74) is 0. The van der Waals surface area contributed by atoms with E-state index in [1.807, 2.05) is 0 Å². The smallest absolute Gasteiger partial charge is 0.337 e. The number of aliphatic carboxylic acids is 2. The van der Waals surface area contributed by atoms with E-state index < -0.39 is 51.3 Å². The fraction of sp³-hybridized carbons (Fsp3) is 0.700. The van der Waals surface area contributed by atoms with Gasteiger partial charge in [-0.3, -0.25) is 23.7 Å². The number of carboxylic acid groups (broad SMARTS) is 2. The number of unbranched alkanes of at least 4 members (excludes halogenated alkanes) is 11. The molecule has 1 aromatic rings. The Hall–Kier alpha value is -3.43. The van der Waals surface area contributed by atoms with Crippen LogP contribution in [-0.4, -0.2) is 124 Å². The van der Waals surface area contributed by atoms with E-state index in [-0.39, 0.29) is 113 Å². The predicted octanol–water partition coefficient (Wildman–Crippen LogP) is 5.57. The number of Topliss-reactive ketones (excluding diaryl/α,β-unsaturated/α-hetero) is 1. The van der Waals surface area contributed by atoms with E-state index in [4.69, 9.17) is 52.0 Å². The van der Waals surface area contributed by atoms with Crippen LogP contribution in [0.2, 0.25) is 10.0 Å². The van der Waals surface area contributed by atoms with Crippen molar-refractivity contribution in [2.75, 3.05) is 59.4 Å². The summed E-state index contributed by atoms with van der Waals surface area (Å²) < 4.78 is 58.5. The average molecular weight is 930 g/mol. The van der Waals surface area contributed by atoms with Crippen molar-refractivity contribution >= 4 is 68.8 Å². The van der Waals surface area contributed by atoms with E-state index in [1.54, 1.807) is 0 Å². The van der Waals surface area contributed by atoms with Gasteiger partial charge in [-0.05, 0) is 37.8 Å². The van der Waals surface area contributed by atoms with E-state index in [9.17, 15) is 46.8 Å². The third kappa shape index (κ3) is 30.3. The van der Waals surface area contributed by atoms with Crippen molar-refractivity contribution in [3.8, 4) is 5.75 Å². The minimum atomic E-state index is -4.78. The highest BCUT2D eigenvalue weighted by molar-refractivity contribution is 7.86. The van der Waals surface area contributed by atoms with Gasteiger partial charge in [0.25, 0.3) is 10.1 Å². The summed E-state index contributed by atoms with van der Waals surface area (Å²) >= 11 is 11.6. The number of halogens is 2. The molecule has 0 aliphatic rings. The van der Waals surface area contributed by atoms with E-state index in [1.165, 1.54) is 6.42 Å². The molecule has 2 amide bonds. The fourth-order valence-electron chi connectivity index (χ4n) is 5.68. The Kier molecular flexibility index (Phi) is 31.1. The van der Waals surface area contributed by atoms with Gasteiger partial charge >= 0.3 is 17.9 Å². The van der Waals surface area contributed by atoms with Crippen LogP contribution in [0.4, 0.5) is 0 Å². The maximum absolute atomic E-state index is 12.3. The van der Waals surface area contributed by atoms with E-state index in [0.29, 0.717) is 12.8 Å². The van der Waals surface area contributed by atoms with Crippen molar-refractivity contribution < 1.29 is 75.6 Å². The molecule has 61 heavy (non-hydrogen) atoms. The molecule has 0 saturated heterocycles. The Labute approximate surface area is 367 Å². The number of nitrogens with one attached hydrogen (secondary N) is 2. The molecule has 0 aliphatic heterocycles. The third-order valence-corrected chi connectivity index (χ3v) is 10.2. The first-order valence-corrected chi connectivity index (χ1v) is 22.8. The van der Waals surface area contributed by atoms with Crippen molar-refractivity contribution in [1.82, 2.24) is 10.6 Å². The van der Waals surface area contributed by atoms with Crippen molar-refractivity contribution in [1.29, 1.82) is 0 Å². The van der Waals surface area contributed by atoms with Crippen LogP contribution in [0.3, 0.4) is 0 Å². The van der Waals surface area contributed by atoms with Gasteiger partial charge in [-0.25, -0.2) is 9.59 Å². The van der Waals surface area contributed by atoms with Gasteiger partial charge in [0.2, 0.25) is 11.8 Å². The molecule has 1 atom stereocenters. The first kappa shape index (κ1) is 55.6. The second kappa shape index (κ2) is 34.1. The highest BCUT2D eigenvalue weighted by atomic mass is 35.5. The zero-order valence-corrected chi connectivity index (χ0v) is 37.0. The van der Waals surface area contributed by atoms with Crippen molar-refractivity contribution in [2.45, 2.75) is 127 Å². The summed E-state index contributed by atoms with van der Waals surface area (Å²) in [7, 11) is -4.78. The molecule has 0 aliphatic carbocycles. The number of carbonyl (C=O) groups excluding carboxylic acids is 4. The second-order valence-corrected chi connectivity index (χ2v) is 16.4. The summed E-state index contributed by atoms with van der Waals surface area (Å²) in [5.74, 6) is -4.38. The lowest BCUT2D eigenvalue weighted by atomic mass is 10.0. The van der Waals surface area contributed by atoms with Crippen molar-refractivity contribution in [3.05, 3.63) is 22.2 Å². The number of hydrogen-bond donors (Lipinski definition) is 5. The lowest BCUT2D eigenvalue weighted by Crippen LogP contribution is -2.41. The Morgan fingerprint density at radius 2 is 1.16 bits per heavy atom. The molecule has 0 unspecified atom stereocenters. The highest BCUT2D eigenvalue weighted by Gasteiger charge is 2.24. The molecule has 21 heteroatoms. The lowest BCUT2D eigenvalue weighted by Gasteiger charge is -2.14. The first-order valence-electron chi connectivity index (χ1n) is 20.6. The van der Waals surface area contributed by atoms with E-state index >= 15 is 0 Å². The normalized spacial score (nSPS) is 11.9. The monoisotopic (exact) mass is 928 g/mol. The SMILES string of the molecule is O=C(O)CCCCCCCCCCCCCCC(=O)N[C@@H](CCC(=O)NCCOCCOCC(=O)CCCOCCOCC(=O)Oc1c(Cl)cc(Cl)cc1S(=O)(=O)O)C(=O)O. The maximum Gasteiger partial charge on any atom is 0.337 e. The summed E-state index contributed by atoms with van der Waals surface area (Å²) in [5, 5.41) is 22.9. The Morgan fingerprint density at radius 3 is 1.74 bits per heavy atom. The molecular weight excluding hydrogens is 867 g/mol. The van der Waals surface area contributed by atoms with Crippen LogP contribution < -0.4 is 15.4 Å². The van der Waals surface area contributed by atoms with Gasteiger partial charge in [-0.15, -0.1) is 0 Å². The number of carboxylic acids is 2. The van der Waals surface area contributed by atoms with Crippen molar-refractivity contribution in [2.24, 2.45) is 0 Å². The molecule has 0 radical (unpaired) electrons. The highest BCUT2D eigenvalue weighted by Crippen LogP contribution is 2.35. The number of ether oxygens (including phenoxy) is 5. The quantitative estimate of drug-likeness (QED) is 0.0234. The first-order chi connectivity index (χ1) is 29.1. The molecule has 5 N–H and O–H groups in total. The molecule has 0 fully saturated rings. The van der Waals surface area contributed by atoms with Gasteiger partial charge in [0, 0.05) is 43.9 Å². The van der Waals surface area contributed by atoms with Gasteiger partial charge in [-0.2, -0.15) is 8.42 Å². The lowest BCUT2D eigenvalue weighted by molar-refractivity contribution is -0.142. The van der Waals surface area contributed by atoms with E-state index in [2.05, 4.69) is 10.6 Å². The minimum absolute atomic E-state index is 0.00726. The van der Waals surface area contributed by atoms with Crippen LogP contribution in [0.25, 0.3) is 0 Å². The van der Waals surface area contributed by atoms with Crippen LogP contribution in [0, 0.1) is 0 Å². The van der Waals surface area contributed by atoms with Gasteiger partial charge in [0.05, 0.1) is 38.1 Å². The predicted molar refractivity (Wildman–Crippen MR) is 224 cm³/mol. The Morgan fingerprint density at radius 1 is 0.623 bits per heavy atom. The number of ketones is 1. The van der Waals surface area contributed by atoms with Gasteiger partial charge in [-0.1, -0.05) is 87.4 Å². The third-order valence-electron chi connectivity index (χ3n) is 8.85. The summed E-state index contributed by atoms with van der Waals surface area (Å²) in [6.07, 6.45) is 13.1. The molecule has 348 valence electrons. The summed E-state index contributed by atoms with van der Waals surface area (Å²) in [6, 6.07) is 0.854. The summed E-state index contributed by atoms with van der Waals surface area (Å²) in [6.45, 7) is 0.338. The molecule has 1 aromatic carbocycles. The number of rotatable bonds is 39. The number of hydrogen-bond acceptors (Lipinski definition) is 13. The second-order valence-electron chi connectivity index (χ2n) is 14.1. The molecular formula is C40H62Cl2N2O16S. The largest absolute Gasteiger partial charge is 0.481 e. The van der Waals surface area contributed by atoms with Gasteiger partial charge in [0.1, 0.15) is 24.2 Å². The zero-order valence-electron chi connectivity index (χ0n) is 34.6. The number of benzene rings is 1. The number of amides is 2. The molecule has 0 heterocycles. The van der Waals surface area contributed by atoms with Crippen LogP contribution in [0.15, 0.2) is 17.0 Å². The molecule has 0 spiro atoms. The van der Waals surface area contributed by atoms with Gasteiger partial charge < -0.3 is 44.5 Å². The topological polar surface area (TPSA) is 267 Å². The fourth-order valence-corrected chi connectivity index (χ4v) is 6.99. The molecule has 1 rings (SSSR count). The maximum atomic E-state index is 12.3. The number of carbonyl (C=O) groups is 6. The molecule has 0 bridgehead atoms. The molecule has 18 nitrogen and oxygen atoms in total. The van der Waals surface area contributed by atoms with Crippen molar-refractivity contribution in [3.63, 3.8) is 0 Å². The van der Waals surface area contributed by atoms with Crippen LogP contribution in [-0.2, 0) is 57.8 Å². The Bertz CT molecular complexity index is 1600. The van der Waals surface area contributed by atoms with Crippen LogP contribution in [0.5, 0.6) is 5.75 Å². The van der Waals surface area contributed by atoms with Crippen LogP contribution in [0.1, 0.15) is 116 Å². The average Bonchev–Trinajstić information content (AvgIpc) is 3.18. The van der Waals surface area contributed by atoms with E-state index in [0.717, 1.165) is 76.3 Å². The Balaban J connectivity index is 1.99.